The maximum absolute atomic E-state index is 12.1. The van der Waals surface area contributed by atoms with Crippen molar-refractivity contribution in [2.75, 3.05) is 0 Å². The highest BCUT2D eigenvalue weighted by Gasteiger charge is 2.66. The summed E-state index contributed by atoms with van der Waals surface area (Å²) in [5, 5.41) is 0. The van der Waals surface area contributed by atoms with Crippen LogP contribution < -0.4 is 0 Å². The summed E-state index contributed by atoms with van der Waals surface area (Å²) in [6, 6.07) is 0. The third kappa shape index (κ3) is 3.04. The average Bonchev–Trinajstić information content (AvgIpc) is 2.95. The van der Waals surface area contributed by atoms with Crippen LogP contribution >= 0.6 is 0 Å². The van der Waals surface area contributed by atoms with Crippen LogP contribution in [-0.4, -0.2) is 5.78 Å². The van der Waals surface area contributed by atoms with Gasteiger partial charge in [0.05, 0.1) is 0 Å². The molecule has 1 unspecified atom stereocenters. The van der Waals surface area contributed by atoms with Gasteiger partial charge in [-0.05, 0) is 89.1 Å². The molecule has 2 saturated carbocycles. The van der Waals surface area contributed by atoms with Crippen molar-refractivity contribution >= 4 is 5.78 Å². The zero-order valence-electron chi connectivity index (χ0n) is 20.8. The van der Waals surface area contributed by atoms with Crippen LogP contribution in [0.15, 0.2) is 23.8 Å². The monoisotopic (exact) mass is 410 g/mol. The Morgan fingerprint density at radius 2 is 1.67 bits per heavy atom. The third-order valence-corrected chi connectivity index (χ3v) is 11.2. The summed E-state index contributed by atoms with van der Waals surface area (Å²) in [6.07, 6.45) is 18.3. The van der Waals surface area contributed by atoms with E-state index in [1.807, 2.05) is 6.08 Å². The second-order valence-electron chi connectivity index (χ2n) is 12.9. The van der Waals surface area contributed by atoms with Crippen molar-refractivity contribution in [2.24, 2.45) is 45.3 Å². The molecule has 168 valence electrons. The fourth-order valence-corrected chi connectivity index (χ4v) is 8.92. The molecular weight excluding hydrogens is 364 g/mol. The molecule has 0 aliphatic heterocycles. The van der Waals surface area contributed by atoms with Gasteiger partial charge in [-0.2, -0.15) is 0 Å². The first-order chi connectivity index (χ1) is 14.0. The average molecular weight is 411 g/mol. The van der Waals surface area contributed by atoms with Gasteiger partial charge in [0.15, 0.2) is 5.78 Å². The van der Waals surface area contributed by atoms with Crippen molar-refractivity contribution in [1.29, 1.82) is 0 Å². The van der Waals surface area contributed by atoms with Crippen LogP contribution in [-0.2, 0) is 4.79 Å². The summed E-state index contributed by atoms with van der Waals surface area (Å²) >= 11 is 0. The molecule has 0 radical (unpaired) electrons. The Balaban J connectivity index is 1.64. The number of hydrogen-bond acceptors (Lipinski definition) is 1. The molecular formula is C29H46O. The molecule has 0 N–H and O–H groups in total. The SMILES string of the molecule is CC(C)CCC[C@@H](C)[C@]1(C)CC[C@@H]2C1(C)CC[C@H]1[C@@]2(C)C=CC2=CC(=O)CC[C@@]21C. The Hall–Kier alpha value is -0.850. The predicted molar refractivity (Wildman–Crippen MR) is 127 cm³/mol. The maximum Gasteiger partial charge on any atom is 0.156 e. The molecule has 0 saturated heterocycles. The summed E-state index contributed by atoms with van der Waals surface area (Å²) in [6.45, 7) is 17.7. The Morgan fingerprint density at radius 3 is 2.37 bits per heavy atom. The summed E-state index contributed by atoms with van der Waals surface area (Å²) < 4.78 is 0. The number of rotatable bonds is 5. The number of hydrogen-bond donors (Lipinski definition) is 0. The molecule has 4 aliphatic rings. The van der Waals surface area contributed by atoms with E-state index in [1.54, 1.807) is 0 Å². The first kappa shape index (κ1) is 22.3. The molecule has 0 heterocycles. The Bertz CT molecular complexity index is 758. The second-order valence-corrected chi connectivity index (χ2v) is 12.9. The van der Waals surface area contributed by atoms with Gasteiger partial charge in [0.2, 0.25) is 0 Å². The molecule has 0 bridgehead atoms. The van der Waals surface area contributed by atoms with Gasteiger partial charge in [-0.1, -0.05) is 79.9 Å². The number of ketones is 1. The largest absolute Gasteiger partial charge is 0.295 e. The molecule has 0 amide bonds. The molecule has 0 aromatic heterocycles. The lowest BCUT2D eigenvalue weighted by Gasteiger charge is -2.63. The van der Waals surface area contributed by atoms with E-state index in [1.165, 1.54) is 50.5 Å². The Morgan fingerprint density at radius 1 is 0.967 bits per heavy atom. The molecule has 30 heavy (non-hydrogen) atoms. The van der Waals surface area contributed by atoms with Crippen molar-refractivity contribution in [2.45, 2.75) is 106 Å². The first-order valence-electron chi connectivity index (χ1n) is 12.9. The van der Waals surface area contributed by atoms with Gasteiger partial charge >= 0.3 is 0 Å². The van der Waals surface area contributed by atoms with Gasteiger partial charge in [0.25, 0.3) is 0 Å². The zero-order valence-corrected chi connectivity index (χ0v) is 20.8. The van der Waals surface area contributed by atoms with Gasteiger partial charge in [-0.25, -0.2) is 0 Å². The highest BCUT2D eigenvalue weighted by Crippen LogP contribution is 2.74. The van der Waals surface area contributed by atoms with E-state index in [4.69, 9.17) is 0 Å². The van der Waals surface area contributed by atoms with Crippen LogP contribution in [0, 0.1) is 45.3 Å². The second kappa shape index (κ2) is 7.35. The quantitative estimate of drug-likeness (QED) is 0.447. The summed E-state index contributed by atoms with van der Waals surface area (Å²) in [4.78, 5) is 12.1. The fourth-order valence-electron chi connectivity index (χ4n) is 8.92. The summed E-state index contributed by atoms with van der Waals surface area (Å²) in [5.74, 6) is 3.42. The Labute approximate surface area is 186 Å². The van der Waals surface area contributed by atoms with Gasteiger partial charge in [0.1, 0.15) is 0 Å². The predicted octanol–water partition coefficient (Wildman–Crippen LogP) is 8.15. The number of allylic oxidation sites excluding steroid dienone is 4. The zero-order chi connectivity index (χ0) is 21.9. The van der Waals surface area contributed by atoms with E-state index >= 15 is 0 Å². The molecule has 4 aliphatic carbocycles. The minimum Gasteiger partial charge on any atom is -0.295 e. The van der Waals surface area contributed by atoms with Crippen molar-refractivity contribution in [3.8, 4) is 0 Å². The van der Waals surface area contributed by atoms with E-state index in [0.29, 0.717) is 22.5 Å². The highest BCUT2D eigenvalue weighted by atomic mass is 16.1. The molecule has 1 heteroatoms. The molecule has 2 fully saturated rings. The van der Waals surface area contributed by atoms with E-state index in [-0.39, 0.29) is 10.8 Å². The maximum atomic E-state index is 12.1. The van der Waals surface area contributed by atoms with E-state index in [9.17, 15) is 4.79 Å². The summed E-state index contributed by atoms with van der Waals surface area (Å²) in [5.41, 5.74) is 2.68. The van der Waals surface area contributed by atoms with Crippen molar-refractivity contribution < 1.29 is 4.79 Å². The lowest BCUT2D eigenvalue weighted by molar-refractivity contribution is -0.121. The van der Waals surface area contributed by atoms with Crippen LogP contribution in [0.5, 0.6) is 0 Å². The first-order valence-corrected chi connectivity index (χ1v) is 12.9. The topological polar surface area (TPSA) is 17.1 Å². The van der Waals surface area contributed by atoms with Gasteiger partial charge in [-0.3, -0.25) is 4.79 Å². The smallest absolute Gasteiger partial charge is 0.156 e. The lowest BCUT2D eigenvalue weighted by Crippen LogP contribution is -2.56. The van der Waals surface area contributed by atoms with Crippen LogP contribution in [0.25, 0.3) is 0 Å². The molecule has 4 rings (SSSR count). The number of carbonyl (C=O) groups excluding carboxylic acids is 1. The number of carbonyl (C=O) groups is 1. The van der Waals surface area contributed by atoms with Crippen LogP contribution in [0.3, 0.4) is 0 Å². The van der Waals surface area contributed by atoms with E-state index in [2.05, 4.69) is 60.6 Å². The Kier molecular flexibility index (Phi) is 5.47. The van der Waals surface area contributed by atoms with Gasteiger partial charge in [-0.15, -0.1) is 0 Å². The fraction of sp³-hybridized carbons (Fsp3) is 0.828. The van der Waals surface area contributed by atoms with Crippen LogP contribution in [0.4, 0.5) is 0 Å². The molecule has 0 aromatic carbocycles. The third-order valence-electron chi connectivity index (χ3n) is 11.2. The molecule has 7 atom stereocenters. The van der Waals surface area contributed by atoms with Gasteiger partial charge in [0, 0.05) is 6.42 Å². The van der Waals surface area contributed by atoms with Gasteiger partial charge < -0.3 is 0 Å². The number of fused-ring (bicyclic) bond motifs is 5. The van der Waals surface area contributed by atoms with Crippen molar-refractivity contribution in [3.63, 3.8) is 0 Å². The van der Waals surface area contributed by atoms with E-state index in [0.717, 1.165) is 30.6 Å². The van der Waals surface area contributed by atoms with Crippen LogP contribution in [0.1, 0.15) is 106 Å². The molecule has 1 nitrogen and oxygen atoms in total. The highest BCUT2D eigenvalue weighted by molar-refractivity contribution is 5.92. The normalized spacial score (nSPS) is 46.3. The molecule has 0 aromatic rings. The molecule has 0 spiro atoms. The minimum absolute atomic E-state index is 0.195. The van der Waals surface area contributed by atoms with Crippen molar-refractivity contribution in [1.82, 2.24) is 0 Å². The summed E-state index contributed by atoms with van der Waals surface area (Å²) in [7, 11) is 0. The lowest BCUT2D eigenvalue weighted by atomic mass is 9.41. The minimum atomic E-state index is 0.195. The van der Waals surface area contributed by atoms with Crippen LogP contribution in [0.2, 0.25) is 0 Å². The van der Waals surface area contributed by atoms with E-state index < -0.39 is 0 Å². The standard InChI is InChI=1S/C29H46O/c1-20(2)9-8-10-21(3)28(6)17-14-25-27(5)15-11-22-19-23(30)12-16-26(22,4)24(27)13-18-29(25,28)7/h11,15,19-21,24-25H,8-10,12-14,16-18H2,1-7H3/t21-,24-,25+,26+,27-,28+,29?/m1/s1. The van der Waals surface area contributed by atoms with Crippen molar-refractivity contribution in [3.05, 3.63) is 23.8 Å².